The quantitative estimate of drug-likeness (QED) is 0.523. The Kier molecular flexibility index (Phi) is 6.10. The molecular weight excluding hydrogens is 441 g/mol. The lowest BCUT2D eigenvalue weighted by Crippen LogP contribution is -2.50. The summed E-state index contributed by atoms with van der Waals surface area (Å²) in [6.45, 7) is 4.43. The molecule has 0 saturated carbocycles. The van der Waals surface area contributed by atoms with E-state index in [1.807, 2.05) is 25.1 Å². The Hall–Kier alpha value is -2.72. The molecule has 3 aromatic rings. The zero-order valence-electron chi connectivity index (χ0n) is 17.0. The van der Waals surface area contributed by atoms with Gasteiger partial charge in [0.15, 0.2) is 15.0 Å². The maximum Gasteiger partial charge on any atom is 0.238 e. The van der Waals surface area contributed by atoms with Gasteiger partial charge in [-0.3, -0.25) is 4.79 Å². The molecule has 4 rings (SSSR count). The van der Waals surface area contributed by atoms with E-state index in [0.29, 0.717) is 32.8 Å². The number of rotatable bonds is 6. The van der Waals surface area contributed by atoms with Crippen molar-refractivity contribution in [1.82, 2.24) is 9.88 Å². The Balaban J connectivity index is 1.40. The topological polar surface area (TPSA) is 79.8 Å². The predicted molar refractivity (Wildman–Crippen MR) is 118 cm³/mol. The van der Waals surface area contributed by atoms with E-state index in [4.69, 9.17) is 9.72 Å². The Bertz CT molecular complexity index is 1190. The monoisotopic (exact) mass is 463 g/mol. The molecule has 0 bridgehead atoms. The van der Waals surface area contributed by atoms with E-state index in [-0.39, 0.29) is 4.90 Å². The maximum atomic E-state index is 13.0. The minimum Gasteiger partial charge on any atom is -0.492 e. The van der Waals surface area contributed by atoms with Gasteiger partial charge >= 0.3 is 0 Å². The number of sulfone groups is 1. The third-order valence-corrected chi connectivity index (χ3v) is 7.76. The summed E-state index contributed by atoms with van der Waals surface area (Å²) < 4.78 is 44.7. The van der Waals surface area contributed by atoms with E-state index in [0.717, 1.165) is 33.2 Å². The smallest absolute Gasteiger partial charge is 0.238 e. The van der Waals surface area contributed by atoms with Crippen LogP contribution >= 0.6 is 11.3 Å². The predicted octanol–water partition coefficient (Wildman–Crippen LogP) is 2.96. The number of carbonyl (C=O) groups is 1. The number of anilines is 1. The van der Waals surface area contributed by atoms with Crippen molar-refractivity contribution in [3.05, 3.63) is 48.3 Å². The molecule has 1 fully saturated rings. The molecule has 1 aliphatic heterocycles. The van der Waals surface area contributed by atoms with Crippen molar-refractivity contribution < 1.29 is 22.3 Å². The van der Waals surface area contributed by atoms with E-state index in [1.165, 1.54) is 12.1 Å². The van der Waals surface area contributed by atoms with Gasteiger partial charge in [-0.2, -0.15) is 0 Å². The molecule has 10 heteroatoms. The third-order valence-electron chi connectivity index (χ3n) is 5.06. The Morgan fingerprint density at radius 1 is 1.13 bits per heavy atom. The first-order valence-corrected chi connectivity index (χ1v) is 12.4. The lowest BCUT2D eigenvalue weighted by atomic mass is 10.3. The minimum absolute atomic E-state index is 0.0551. The summed E-state index contributed by atoms with van der Waals surface area (Å²) in [4.78, 5) is 20.9. The fourth-order valence-electron chi connectivity index (χ4n) is 3.45. The molecule has 31 heavy (non-hydrogen) atoms. The van der Waals surface area contributed by atoms with Crippen molar-refractivity contribution >= 4 is 42.4 Å². The SMILES string of the molecule is CCOc1cccc2sc(N3CCN(C(=O)CS(=O)(=O)c4ccc(F)cc4)CC3)nc12. The standard InChI is InChI=1S/C21H22FN3O4S2/c1-2-29-17-4-3-5-18-20(17)23-21(30-18)25-12-10-24(11-13-25)19(26)14-31(27,28)16-8-6-15(22)7-9-16/h3-9H,2,10-14H2,1H3. The number of para-hydroxylation sites is 1. The van der Waals surface area contributed by atoms with E-state index in [9.17, 15) is 17.6 Å². The second kappa shape index (κ2) is 8.80. The highest BCUT2D eigenvalue weighted by molar-refractivity contribution is 7.92. The highest BCUT2D eigenvalue weighted by Crippen LogP contribution is 2.34. The van der Waals surface area contributed by atoms with Gasteiger partial charge in [-0.15, -0.1) is 0 Å². The normalized spacial score (nSPS) is 14.8. The van der Waals surface area contributed by atoms with E-state index >= 15 is 0 Å². The number of aromatic nitrogens is 1. The van der Waals surface area contributed by atoms with Crippen LogP contribution in [0, 0.1) is 5.82 Å². The molecule has 2 aromatic carbocycles. The van der Waals surface area contributed by atoms with Gasteiger partial charge in [0.25, 0.3) is 0 Å². The van der Waals surface area contributed by atoms with Crippen LogP contribution < -0.4 is 9.64 Å². The number of amides is 1. The molecule has 0 atom stereocenters. The fraction of sp³-hybridized carbons (Fsp3) is 0.333. The van der Waals surface area contributed by atoms with Crippen LogP contribution in [0.2, 0.25) is 0 Å². The number of hydrogen-bond acceptors (Lipinski definition) is 7. The summed E-state index contributed by atoms with van der Waals surface area (Å²) in [7, 11) is -3.81. The third kappa shape index (κ3) is 4.64. The fourth-order valence-corrected chi connectivity index (χ4v) is 5.70. The molecule has 2 heterocycles. The molecule has 0 spiro atoms. The van der Waals surface area contributed by atoms with Crippen molar-refractivity contribution in [2.24, 2.45) is 0 Å². The first kappa shape index (κ1) is 21.5. The molecule has 1 amide bonds. The van der Waals surface area contributed by atoms with Gasteiger partial charge in [0.05, 0.1) is 16.2 Å². The van der Waals surface area contributed by atoms with Crippen LogP contribution in [0.1, 0.15) is 6.92 Å². The lowest BCUT2D eigenvalue weighted by molar-refractivity contribution is -0.128. The van der Waals surface area contributed by atoms with Gasteiger partial charge in [0.1, 0.15) is 22.8 Å². The van der Waals surface area contributed by atoms with Crippen LogP contribution in [0.5, 0.6) is 5.75 Å². The van der Waals surface area contributed by atoms with E-state index in [1.54, 1.807) is 16.2 Å². The lowest BCUT2D eigenvalue weighted by Gasteiger charge is -2.34. The summed E-state index contributed by atoms with van der Waals surface area (Å²) in [5.41, 5.74) is 0.827. The van der Waals surface area contributed by atoms with Gasteiger partial charge < -0.3 is 14.5 Å². The number of piperazine rings is 1. The van der Waals surface area contributed by atoms with Crippen LogP contribution in [0.3, 0.4) is 0 Å². The number of benzene rings is 2. The molecule has 0 N–H and O–H groups in total. The van der Waals surface area contributed by atoms with Crippen LogP contribution in [0.15, 0.2) is 47.4 Å². The van der Waals surface area contributed by atoms with Crippen LogP contribution in [0.4, 0.5) is 9.52 Å². The van der Waals surface area contributed by atoms with Crippen molar-refractivity contribution in [2.45, 2.75) is 11.8 Å². The number of carbonyl (C=O) groups excluding carboxylic acids is 1. The molecular formula is C21H22FN3O4S2. The Morgan fingerprint density at radius 2 is 1.84 bits per heavy atom. The number of thiazole rings is 1. The second-order valence-electron chi connectivity index (χ2n) is 7.11. The van der Waals surface area contributed by atoms with E-state index in [2.05, 4.69) is 4.90 Å². The molecule has 164 valence electrons. The Morgan fingerprint density at radius 3 is 2.52 bits per heavy atom. The van der Waals surface area contributed by atoms with Gasteiger partial charge in [-0.1, -0.05) is 17.4 Å². The number of fused-ring (bicyclic) bond motifs is 1. The van der Waals surface area contributed by atoms with Crippen LogP contribution in [-0.4, -0.2) is 62.7 Å². The first-order valence-electron chi connectivity index (χ1n) is 9.91. The molecule has 0 aliphatic carbocycles. The number of ether oxygens (including phenoxy) is 1. The number of halogens is 1. The largest absolute Gasteiger partial charge is 0.492 e. The average molecular weight is 464 g/mol. The number of hydrogen-bond donors (Lipinski definition) is 0. The zero-order valence-corrected chi connectivity index (χ0v) is 18.6. The van der Waals surface area contributed by atoms with E-state index < -0.39 is 27.3 Å². The molecule has 1 aromatic heterocycles. The summed E-state index contributed by atoms with van der Waals surface area (Å²) >= 11 is 1.57. The summed E-state index contributed by atoms with van der Waals surface area (Å²) in [5.74, 6) is -0.851. The molecule has 0 radical (unpaired) electrons. The average Bonchev–Trinajstić information content (AvgIpc) is 3.19. The zero-order chi connectivity index (χ0) is 22.0. The summed E-state index contributed by atoms with van der Waals surface area (Å²) in [6.07, 6.45) is 0. The van der Waals surface area contributed by atoms with Gasteiger partial charge in [-0.25, -0.2) is 17.8 Å². The maximum absolute atomic E-state index is 13.0. The van der Waals surface area contributed by atoms with Crippen molar-refractivity contribution in [2.75, 3.05) is 43.4 Å². The molecule has 1 aliphatic rings. The minimum atomic E-state index is -3.81. The van der Waals surface area contributed by atoms with Crippen LogP contribution in [-0.2, 0) is 14.6 Å². The van der Waals surface area contributed by atoms with Crippen molar-refractivity contribution in [3.8, 4) is 5.75 Å². The second-order valence-corrected chi connectivity index (χ2v) is 10.1. The van der Waals surface area contributed by atoms with Gasteiger partial charge in [-0.05, 0) is 43.3 Å². The molecule has 0 unspecified atom stereocenters. The number of nitrogens with zero attached hydrogens (tertiary/aromatic N) is 3. The van der Waals surface area contributed by atoms with Crippen molar-refractivity contribution in [3.63, 3.8) is 0 Å². The highest BCUT2D eigenvalue weighted by atomic mass is 32.2. The molecule has 1 saturated heterocycles. The van der Waals surface area contributed by atoms with Gasteiger partial charge in [0.2, 0.25) is 5.91 Å². The summed E-state index contributed by atoms with van der Waals surface area (Å²) in [5, 5.41) is 0.855. The molecule has 7 nitrogen and oxygen atoms in total. The first-order chi connectivity index (χ1) is 14.9. The Labute approximate surface area is 184 Å². The van der Waals surface area contributed by atoms with Crippen LogP contribution in [0.25, 0.3) is 10.2 Å². The van der Waals surface area contributed by atoms with Gasteiger partial charge in [0, 0.05) is 26.2 Å². The summed E-state index contributed by atoms with van der Waals surface area (Å²) in [6, 6.07) is 10.3. The highest BCUT2D eigenvalue weighted by Gasteiger charge is 2.27. The van der Waals surface area contributed by atoms with Crippen molar-refractivity contribution in [1.29, 1.82) is 0 Å².